The van der Waals surface area contributed by atoms with Gasteiger partial charge in [-0.1, -0.05) is 113 Å². The highest BCUT2D eigenvalue weighted by Gasteiger charge is 2.45. The van der Waals surface area contributed by atoms with Crippen LogP contribution in [-0.4, -0.2) is 4.57 Å². The second-order valence-electron chi connectivity index (χ2n) is 15.7. The lowest BCUT2D eigenvalue weighted by Gasteiger charge is -2.31. The van der Waals surface area contributed by atoms with Gasteiger partial charge in [-0.15, -0.1) is 0 Å². The van der Waals surface area contributed by atoms with E-state index in [-0.39, 0.29) is 10.8 Å². The molecule has 0 saturated heterocycles. The first kappa shape index (κ1) is 29.6. The Bertz CT molecular complexity index is 2500. The predicted molar refractivity (Wildman–Crippen MR) is 211 cm³/mol. The number of hydrogen-bond acceptors (Lipinski definition) is 1. The fourth-order valence-corrected chi connectivity index (χ4v) is 9.83. The molecule has 244 valence electrons. The first-order chi connectivity index (χ1) is 24.3. The molecule has 0 saturated carbocycles. The molecule has 0 bridgehead atoms. The van der Waals surface area contributed by atoms with E-state index in [1.165, 1.54) is 78.0 Å². The van der Waals surface area contributed by atoms with E-state index < -0.39 is 0 Å². The molecule has 2 heteroatoms. The van der Waals surface area contributed by atoms with Crippen LogP contribution in [0.2, 0.25) is 0 Å². The van der Waals surface area contributed by atoms with Crippen LogP contribution in [0.3, 0.4) is 0 Å². The van der Waals surface area contributed by atoms with Crippen LogP contribution in [0.5, 0.6) is 0 Å². The van der Waals surface area contributed by atoms with Crippen molar-refractivity contribution >= 4 is 44.4 Å². The first-order valence-corrected chi connectivity index (χ1v) is 18.3. The fraction of sp³-hybridized carbons (Fsp3) is 0.208. The maximum atomic E-state index is 2.52. The highest BCUT2D eigenvalue weighted by molar-refractivity contribution is 6.10. The lowest BCUT2D eigenvalue weighted by atomic mass is 9.74. The summed E-state index contributed by atoms with van der Waals surface area (Å²) in [5.74, 6) is 0.900. The zero-order chi connectivity index (χ0) is 33.8. The van der Waals surface area contributed by atoms with E-state index in [1.54, 1.807) is 0 Å². The summed E-state index contributed by atoms with van der Waals surface area (Å²) in [6, 6.07) is 41.2. The van der Waals surface area contributed by atoms with Crippen LogP contribution in [0.1, 0.15) is 68.7 Å². The third kappa shape index (κ3) is 4.08. The van der Waals surface area contributed by atoms with E-state index in [0.29, 0.717) is 11.8 Å². The van der Waals surface area contributed by atoms with Gasteiger partial charge in [-0.05, 0) is 118 Å². The minimum atomic E-state index is -0.0371. The van der Waals surface area contributed by atoms with Crippen LogP contribution in [0.4, 0.5) is 17.1 Å². The van der Waals surface area contributed by atoms with E-state index >= 15 is 0 Å². The van der Waals surface area contributed by atoms with Crippen molar-refractivity contribution in [3.8, 4) is 5.69 Å². The van der Waals surface area contributed by atoms with Gasteiger partial charge in [0, 0.05) is 44.9 Å². The smallest absolute Gasteiger partial charge is 0.0542 e. The Labute approximate surface area is 295 Å². The van der Waals surface area contributed by atoms with Crippen molar-refractivity contribution in [3.63, 3.8) is 0 Å². The van der Waals surface area contributed by atoms with Crippen molar-refractivity contribution < 1.29 is 0 Å². The average molecular weight is 647 g/mol. The third-order valence-electron chi connectivity index (χ3n) is 12.3. The van der Waals surface area contributed by atoms with Crippen LogP contribution in [-0.2, 0) is 10.8 Å². The van der Waals surface area contributed by atoms with Gasteiger partial charge in [-0.25, -0.2) is 0 Å². The molecule has 4 aliphatic carbocycles. The van der Waals surface area contributed by atoms with Crippen molar-refractivity contribution in [1.29, 1.82) is 0 Å². The van der Waals surface area contributed by atoms with E-state index in [0.717, 1.165) is 12.8 Å². The molecule has 0 radical (unpaired) electrons. The molecule has 4 aliphatic rings. The number of benzene rings is 5. The lowest BCUT2D eigenvalue weighted by Crippen LogP contribution is -2.24. The van der Waals surface area contributed by atoms with Crippen molar-refractivity contribution in [2.45, 2.75) is 57.3 Å². The van der Waals surface area contributed by atoms with Gasteiger partial charge in [0.05, 0.1) is 11.0 Å². The highest BCUT2D eigenvalue weighted by Crippen LogP contribution is 2.55. The predicted octanol–water partition coefficient (Wildman–Crippen LogP) is 12.8. The zero-order valence-electron chi connectivity index (χ0n) is 29.3. The van der Waals surface area contributed by atoms with Gasteiger partial charge < -0.3 is 9.47 Å². The Morgan fingerprint density at radius 2 is 1.36 bits per heavy atom. The number of para-hydroxylation sites is 2. The molecule has 2 nitrogen and oxygen atoms in total. The number of fused-ring (bicyclic) bond motifs is 8. The van der Waals surface area contributed by atoms with Crippen LogP contribution in [0.25, 0.3) is 33.1 Å². The fourth-order valence-electron chi connectivity index (χ4n) is 9.83. The Morgan fingerprint density at radius 3 is 2.22 bits per heavy atom. The summed E-state index contributed by atoms with van der Waals surface area (Å²) in [6.07, 6.45) is 16.3. The largest absolute Gasteiger partial charge is 0.310 e. The second-order valence-corrected chi connectivity index (χ2v) is 15.7. The van der Waals surface area contributed by atoms with Gasteiger partial charge in [-0.3, -0.25) is 0 Å². The van der Waals surface area contributed by atoms with Gasteiger partial charge in [0.25, 0.3) is 0 Å². The Balaban J connectivity index is 1.20. The van der Waals surface area contributed by atoms with E-state index in [2.05, 4.69) is 183 Å². The van der Waals surface area contributed by atoms with Crippen LogP contribution in [0, 0.1) is 5.92 Å². The van der Waals surface area contributed by atoms with Crippen molar-refractivity contribution in [2.75, 3.05) is 4.90 Å². The quantitative estimate of drug-likeness (QED) is 0.185. The van der Waals surface area contributed by atoms with Crippen molar-refractivity contribution in [2.24, 2.45) is 5.92 Å². The molecule has 0 N–H and O–H groups in total. The molecule has 10 rings (SSSR count). The molecule has 6 aromatic rings. The summed E-state index contributed by atoms with van der Waals surface area (Å²) in [5, 5.41) is 2.53. The number of anilines is 3. The first-order valence-electron chi connectivity index (χ1n) is 18.3. The Morgan fingerprint density at radius 1 is 0.660 bits per heavy atom. The average Bonchev–Trinajstić information content (AvgIpc) is 3.69. The molecule has 2 atom stereocenters. The van der Waals surface area contributed by atoms with Crippen LogP contribution < -0.4 is 4.90 Å². The Kier molecular flexibility index (Phi) is 6.26. The molecule has 0 spiro atoms. The maximum Gasteiger partial charge on any atom is 0.0542 e. The third-order valence-corrected chi connectivity index (χ3v) is 12.3. The molecule has 1 heterocycles. The van der Waals surface area contributed by atoms with E-state index in [1.807, 2.05) is 0 Å². The summed E-state index contributed by atoms with van der Waals surface area (Å²) >= 11 is 0. The number of rotatable bonds is 4. The molecule has 2 unspecified atom stereocenters. The summed E-state index contributed by atoms with van der Waals surface area (Å²) in [6.45, 7) is 9.67. The minimum Gasteiger partial charge on any atom is -0.310 e. The standard InChI is InChI=1S/C48H42N2/c1-47(2)41-19-11-8-16-35(41)37-25-22-33(29-43(37)47)49(34-23-26-38-36-17-9-12-20-42(36)48(3,4)44(38)30-34)32-24-27-46-40(28-32)39-18-10-13-21-45(39)50(46)31-14-6-5-7-15-31/h5-8,10-16,18-30,35,41H,9,17H2,1-4H3. The van der Waals surface area contributed by atoms with Gasteiger partial charge in [0.2, 0.25) is 0 Å². The van der Waals surface area contributed by atoms with Crippen LogP contribution in [0.15, 0.2) is 151 Å². The molecular formula is C48H42N2. The lowest BCUT2D eigenvalue weighted by molar-refractivity contribution is 0.394. The molecular weight excluding hydrogens is 605 g/mol. The topological polar surface area (TPSA) is 8.17 Å². The summed E-state index contributed by atoms with van der Waals surface area (Å²) in [5.41, 5.74) is 16.0. The normalized spacial score (nSPS) is 20.6. The molecule has 50 heavy (non-hydrogen) atoms. The molecule has 0 fully saturated rings. The zero-order valence-corrected chi connectivity index (χ0v) is 29.3. The molecule has 1 aromatic heterocycles. The highest BCUT2D eigenvalue weighted by atomic mass is 15.1. The van der Waals surface area contributed by atoms with Gasteiger partial charge in [0.1, 0.15) is 0 Å². The van der Waals surface area contributed by atoms with E-state index in [4.69, 9.17) is 0 Å². The maximum absolute atomic E-state index is 2.52. The Hall–Kier alpha value is -5.34. The van der Waals surface area contributed by atoms with Gasteiger partial charge in [0.15, 0.2) is 0 Å². The summed E-state index contributed by atoms with van der Waals surface area (Å²) in [4.78, 5) is 2.52. The van der Waals surface area contributed by atoms with E-state index in [9.17, 15) is 0 Å². The van der Waals surface area contributed by atoms with Gasteiger partial charge >= 0.3 is 0 Å². The second kappa shape index (κ2) is 10.6. The van der Waals surface area contributed by atoms with Crippen LogP contribution >= 0.6 is 0 Å². The summed E-state index contributed by atoms with van der Waals surface area (Å²) in [7, 11) is 0. The number of hydrogen-bond donors (Lipinski definition) is 0. The number of aromatic nitrogens is 1. The molecule has 0 amide bonds. The molecule has 0 aliphatic heterocycles. The van der Waals surface area contributed by atoms with Gasteiger partial charge in [-0.2, -0.15) is 0 Å². The summed E-state index contributed by atoms with van der Waals surface area (Å²) < 4.78 is 2.40. The minimum absolute atomic E-state index is 0.0330. The SMILES string of the molecule is CC1(C)C2=C(CCC=C2)c2ccc(N(c3ccc4c(c3)C(C)(C)C3C=CC=CC43)c3ccc4c(c3)c3ccccc3n4-c3ccccc3)cc21. The molecule has 5 aromatic carbocycles. The van der Waals surface area contributed by atoms with Crippen molar-refractivity contribution in [1.82, 2.24) is 4.57 Å². The van der Waals surface area contributed by atoms with Crippen molar-refractivity contribution in [3.05, 3.63) is 173 Å². The number of nitrogens with zero attached hydrogens (tertiary/aromatic N) is 2. The monoisotopic (exact) mass is 646 g/mol. The number of allylic oxidation sites excluding steroid dienone is 8.